The molecule has 1 aliphatic carbocycles. The number of nitrogens with one attached hydrogen (secondary N) is 3. The van der Waals surface area contributed by atoms with Crippen molar-refractivity contribution in [2.45, 2.75) is 64.3 Å². The summed E-state index contributed by atoms with van der Waals surface area (Å²) in [6, 6.07) is 8.30. The van der Waals surface area contributed by atoms with E-state index in [0.29, 0.717) is 5.96 Å². The van der Waals surface area contributed by atoms with Crippen LogP contribution in [-0.4, -0.2) is 44.1 Å². The smallest absolute Gasteiger partial charge is 0.242 e. The number of carbonyl (C=O) groups is 1. The first-order valence-corrected chi connectivity index (χ1v) is 10.3. The molecule has 0 saturated heterocycles. The van der Waals surface area contributed by atoms with Gasteiger partial charge in [-0.3, -0.25) is 4.79 Å². The van der Waals surface area contributed by atoms with E-state index in [4.69, 9.17) is 4.74 Å². The van der Waals surface area contributed by atoms with Crippen LogP contribution in [0.4, 0.5) is 0 Å². The molecule has 2 rings (SSSR count). The van der Waals surface area contributed by atoms with Gasteiger partial charge in [-0.15, -0.1) is 0 Å². The van der Waals surface area contributed by atoms with Crippen molar-refractivity contribution in [1.82, 2.24) is 16.0 Å². The van der Waals surface area contributed by atoms with E-state index >= 15 is 0 Å². The number of aliphatic imine (C=N–C) groups is 1. The van der Waals surface area contributed by atoms with Crippen molar-refractivity contribution in [3.8, 4) is 5.75 Å². The van der Waals surface area contributed by atoms with Crippen molar-refractivity contribution in [2.75, 3.05) is 26.7 Å². The number of rotatable bonds is 7. The first-order valence-electron chi connectivity index (χ1n) is 10.3. The van der Waals surface area contributed by atoms with Crippen molar-refractivity contribution in [2.24, 2.45) is 4.99 Å². The van der Waals surface area contributed by atoms with E-state index in [-0.39, 0.29) is 23.4 Å². The molecule has 156 valence electrons. The van der Waals surface area contributed by atoms with Gasteiger partial charge in [-0.05, 0) is 46.6 Å². The molecule has 0 aliphatic heterocycles. The fourth-order valence-corrected chi connectivity index (χ4v) is 3.88. The van der Waals surface area contributed by atoms with Crippen LogP contribution in [0, 0.1) is 0 Å². The van der Waals surface area contributed by atoms with Crippen LogP contribution >= 0.6 is 0 Å². The Morgan fingerprint density at radius 3 is 2.46 bits per heavy atom. The summed E-state index contributed by atoms with van der Waals surface area (Å²) in [5, 5.41) is 9.67. The molecular formula is C22H36N4O2. The van der Waals surface area contributed by atoms with E-state index in [9.17, 15) is 4.79 Å². The van der Waals surface area contributed by atoms with Gasteiger partial charge >= 0.3 is 0 Å². The highest BCUT2D eigenvalue weighted by molar-refractivity contribution is 5.85. The number of methoxy groups -OCH3 is 1. The summed E-state index contributed by atoms with van der Waals surface area (Å²) in [5.41, 5.74) is 1.02. The number of ether oxygens (including phenoxy) is 1. The Labute approximate surface area is 169 Å². The van der Waals surface area contributed by atoms with E-state index in [1.54, 1.807) is 7.11 Å². The maximum absolute atomic E-state index is 12.1. The SMILES string of the molecule is CCNC(=NCC(=O)NC(C)(C)C)NCC1(c2ccccc2OC)CCCC1. The molecule has 1 fully saturated rings. The average Bonchev–Trinajstić information content (AvgIpc) is 3.12. The van der Waals surface area contributed by atoms with Gasteiger partial charge < -0.3 is 20.7 Å². The van der Waals surface area contributed by atoms with Gasteiger partial charge in [-0.25, -0.2) is 4.99 Å². The quantitative estimate of drug-likeness (QED) is 0.496. The molecular weight excluding hydrogens is 352 g/mol. The number of nitrogens with zero attached hydrogens (tertiary/aromatic N) is 1. The third-order valence-electron chi connectivity index (χ3n) is 5.07. The summed E-state index contributed by atoms with van der Waals surface area (Å²) < 4.78 is 5.64. The van der Waals surface area contributed by atoms with Crippen LogP contribution in [0.1, 0.15) is 58.9 Å². The normalized spacial score (nSPS) is 16.5. The number of amides is 1. The van der Waals surface area contributed by atoms with Gasteiger partial charge in [0.25, 0.3) is 0 Å². The Hall–Kier alpha value is -2.24. The van der Waals surface area contributed by atoms with Gasteiger partial charge in [0.1, 0.15) is 12.3 Å². The zero-order valence-electron chi connectivity index (χ0n) is 18.0. The monoisotopic (exact) mass is 388 g/mol. The summed E-state index contributed by atoms with van der Waals surface area (Å²) in [4.78, 5) is 16.6. The Bertz CT molecular complexity index is 673. The summed E-state index contributed by atoms with van der Waals surface area (Å²) in [6.45, 7) is 9.54. The molecule has 0 unspecified atom stereocenters. The molecule has 1 aromatic rings. The maximum atomic E-state index is 12.1. The molecule has 0 bridgehead atoms. The minimum absolute atomic E-state index is 0.0243. The number of para-hydroxylation sites is 1. The lowest BCUT2D eigenvalue weighted by molar-refractivity contribution is -0.121. The zero-order chi connectivity index (χ0) is 20.6. The number of hydrogen-bond donors (Lipinski definition) is 3. The van der Waals surface area contributed by atoms with Crippen LogP contribution in [0.15, 0.2) is 29.3 Å². The van der Waals surface area contributed by atoms with E-state index in [2.05, 4.69) is 33.1 Å². The third kappa shape index (κ3) is 6.14. The molecule has 6 heteroatoms. The minimum atomic E-state index is -0.254. The second-order valence-corrected chi connectivity index (χ2v) is 8.53. The molecule has 0 radical (unpaired) electrons. The van der Waals surface area contributed by atoms with E-state index < -0.39 is 0 Å². The topological polar surface area (TPSA) is 74.8 Å². The molecule has 1 aliphatic rings. The lowest BCUT2D eigenvalue weighted by Gasteiger charge is -2.32. The zero-order valence-corrected chi connectivity index (χ0v) is 18.0. The largest absolute Gasteiger partial charge is 0.496 e. The van der Waals surface area contributed by atoms with Crippen molar-refractivity contribution in [3.05, 3.63) is 29.8 Å². The van der Waals surface area contributed by atoms with Crippen LogP contribution in [0.5, 0.6) is 5.75 Å². The summed E-state index contributed by atoms with van der Waals surface area (Å²) in [5.74, 6) is 1.54. The second kappa shape index (κ2) is 9.80. The second-order valence-electron chi connectivity index (χ2n) is 8.53. The first kappa shape index (κ1) is 22.1. The lowest BCUT2D eigenvalue weighted by Crippen LogP contribution is -2.46. The van der Waals surface area contributed by atoms with Crippen LogP contribution in [-0.2, 0) is 10.2 Å². The molecule has 6 nitrogen and oxygen atoms in total. The molecule has 1 aromatic carbocycles. The van der Waals surface area contributed by atoms with Crippen LogP contribution in [0.3, 0.4) is 0 Å². The van der Waals surface area contributed by atoms with E-state index in [0.717, 1.165) is 31.7 Å². The van der Waals surface area contributed by atoms with Crippen molar-refractivity contribution in [1.29, 1.82) is 0 Å². The first-order chi connectivity index (χ1) is 13.3. The maximum Gasteiger partial charge on any atom is 0.242 e. The highest BCUT2D eigenvalue weighted by atomic mass is 16.5. The van der Waals surface area contributed by atoms with E-state index in [1.807, 2.05) is 39.8 Å². The summed E-state index contributed by atoms with van der Waals surface area (Å²) in [7, 11) is 1.73. The Kier molecular flexibility index (Phi) is 7.72. The molecule has 28 heavy (non-hydrogen) atoms. The highest BCUT2D eigenvalue weighted by Crippen LogP contribution is 2.44. The average molecular weight is 389 g/mol. The number of hydrogen-bond acceptors (Lipinski definition) is 3. The lowest BCUT2D eigenvalue weighted by atomic mass is 9.78. The number of guanidine groups is 1. The van der Waals surface area contributed by atoms with Crippen molar-refractivity contribution in [3.63, 3.8) is 0 Å². The van der Waals surface area contributed by atoms with Crippen LogP contribution < -0.4 is 20.7 Å². The van der Waals surface area contributed by atoms with Crippen LogP contribution in [0.25, 0.3) is 0 Å². The minimum Gasteiger partial charge on any atom is -0.496 e. The van der Waals surface area contributed by atoms with Gasteiger partial charge in [0, 0.05) is 29.6 Å². The standard InChI is InChI=1S/C22H36N4O2/c1-6-23-20(24-15-19(27)26-21(2,3)4)25-16-22(13-9-10-14-22)17-11-7-8-12-18(17)28-5/h7-8,11-12H,6,9-10,13-16H2,1-5H3,(H,26,27)(H2,23,24,25). The van der Waals surface area contributed by atoms with Crippen molar-refractivity contribution < 1.29 is 9.53 Å². The molecule has 0 spiro atoms. The summed E-state index contributed by atoms with van der Waals surface area (Å²) >= 11 is 0. The molecule has 3 N–H and O–H groups in total. The van der Waals surface area contributed by atoms with Gasteiger partial charge in [-0.1, -0.05) is 31.0 Å². The van der Waals surface area contributed by atoms with Crippen LogP contribution in [0.2, 0.25) is 0 Å². The Morgan fingerprint density at radius 1 is 1.18 bits per heavy atom. The Balaban J connectivity index is 2.11. The third-order valence-corrected chi connectivity index (χ3v) is 5.07. The fraction of sp³-hybridized carbons (Fsp3) is 0.636. The summed E-state index contributed by atoms with van der Waals surface area (Å²) in [6.07, 6.45) is 4.65. The number of benzene rings is 1. The Morgan fingerprint density at radius 2 is 1.86 bits per heavy atom. The molecule has 1 amide bonds. The van der Waals surface area contributed by atoms with Gasteiger partial charge in [0.15, 0.2) is 5.96 Å². The molecule has 1 saturated carbocycles. The van der Waals surface area contributed by atoms with Gasteiger partial charge in [0.05, 0.1) is 7.11 Å². The van der Waals surface area contributed by atoms with E-state index in [1.165, 1.54) is 18.4 Å². The number of carbonyl (C=O) groups excluding carboxylic acids is 1. The van der Waals surface area contributed by atoms with Gasteiger partial charge in [0.2, 0.25) is 5.91 Å². The molecule has 0 aromatic heterocycles. The molecule has 0 atom stereocenters. The molecule has 0 heterocycles. The predicted molar refractivity (Wildman–Crippen MR) is 115 cm³/mol. The van der Waals surface area contributed by atoms with Crippen molar-refractivity contribution >= 4 is 11.9 Å². The fourth-order valence-electron chi connectivity index (χ4n) is 3.88. The van der Waals surface area contributed by atoms with Gasteiger partial charge in [-0.2, -0.15) is 0 Å². The highest BCUT2D eigenvalue weighted by Gasteiger charge is 2.37. The predicted octanol–water partition coefficient (Wildman–Crippen LogP) is 2.98.